The van der Waals surface area contributed by atoms with Gasteiger partial charge >= 0.3 is 0 Å². The van der Waals surface area contributed by atoms with E-state index in [0.29, 0.717) is 43.1 Å². The Kier molecular flexibility index (Phi) is 20.0. The van der Waals surface area contributed by atoms with E-state index in [9.17, 15) is 19.2 Å². The predicted octanol–water partition coefficient (Wildman–Crippen LogP) is 2.52. The Bertz CT molecular complexity index is 1370. The lowest BCUT2D eigenvalue weighted by atomic mass is 10.00. The third-order valence-corrected chi connectivity index (χ3v) is 8.21. The number of ether oxygens (including phenoxy) is 2. The van der Waals surface area contributed by atoms with Gasteiger partial charge in [-0.05, 0) is 76.0 Å². The van der Waals surface area contributed by atoms with Crippen molar-refractivity contribution in [3.8, 4) is 17.6 Å². The maximum Gasteiger partial charge on any atom is 0.226 e. The molecule has 0 saturated carbocycles. The molecule has 1 fully saturated rings. The van der Waals surface area contributed by atoms with Crippen LogP contribution in [0.1, 0.15) is 66.1 Å². The second-order valence-corrected chi connectivity index (χ2v) is 12.1. The van der Waals surface area contributed by atoms with Crippen molar-refractivity contribution in [2.45, 2.75) is 64.6 Å². The van der Waals surface area contributed by atoms with E-state index in [0.717, 1.165) is 93.9 Å². The second kappa shape index (κ2) is 23.9. The van der Waals surface area contributed by atoms with Gasteiger partial charge in [-0.3, -0.25) is 34.3 Å². The number of carbonyl (C=O) groups is 4. The molecular formula is C37H54N6O6. The average Bonchev–Trinajstić information content (AvgIpc) is 3.08. The van der Waals surface area contributed by atoms with Crippen LogP contribution in [0.25, 0.3) is 0 Å². The van der Waals surface area contributed by atoms with Crippen molar-refractivity contribution >= 4 is 30.7 Å². The van der Waals surface area contributed by atoms with Crippen LogP contribution >= 0.6 is 0 Å². The molecule has 0 spiro atoms. The van der Waals surface area contributed by atoms with Crippen molar-refractivity contribution in [2.24, 2.45) is 0 Å². The molecule has 0 radical (unpaired) electrons. The molecule has 12 heteroatoms. The summed E-state index contributed by atoms with van der Waals surface area (Å²) in [5, 5.41) is 8.33. The van der Waals surface area contributed by atoms with E-state index in [1.807, 2.05) is 51.2 Å². The predicted molar refractivity (Wildman–Crippen MR) is 192 cm³/mol. The number of hydrogen-bond acceptors (Lipinski definition) is 10. The number of aryl methyl sites for hydroxylation is 1. The van der Waals surface area contributed by atoms with Crippen molar-refractivity contribution in [3.05, 3.63) is 58.7 Å². The minimum atomic E-state index is -0.298. The van der Waals surface area contributed by atoms with Gasteiger partial charge in [-0.2, -0.15) is 0 Å². The van der Waals surface area contributed by atoms with Crippen LogP contribution in [-0.4, -0.2) is 107 Å². The Balaban J connectivity index is 0.000000709. The lowest BCUT2D eigenvalue weighted by Gasteiger charge is -2.38. The first-order chi connectivity index (χ1) is 23.7. The number of carbonyl (C=O) groups excluding carboxylic acids is 4. The van der Waals surface area contributed by atoms with E-state index in [2.05, 4.69) is 37.6 Å². The molecule has 1 unspecified atom stereocenters. The van der Waals surface area contributed by atoms with Gasteiger partial charge in [0.2, 0.25) is 18.7 Å². The largest absolute Gasteiger partial charge is 0.495 e. The van der Waals surface area contributed by atoms with E-state index in [4.69, 9.17) is 15.2 Å². The summed E-state index contributed by atoms with van der Waals surface area (Å²) in [6, 6.07) is 11.7. The smallest absolute Gasteiger partial charge is 0.226 e. The Morgan fingerprint density at radius 1 is 1.12 bits per heavy atom. The van der Waals surface area contributed by atoms with E-state index in [-0.39, 0.29) is 18.4 Å². The van der Waals surface area contributed by atoms with Gasteiger partial charge in [0.15, 0.2) is 0 Å². The maximum atomic E-state index is 11.7. The van der Waals surface area contributed by atoms with E-state index in [1.54, 1.807) is 13.2 Å². The quantitative estimate of drug-likeness (QED) is 0.0670. The number of nitrogens with one attached hydrogen (secondary N) is 3. The minimum absolute atomic E-state index is 0.0798. The average molecular weight is 679 g/mol. The third kappa shape index (κ3) is 16.1. The first-order valence-corrected chi connectivity index (χ1v) is 16.8. The standard InChI is InChI=1S/C29H43N5O5.C8H11NO/c1-24(11-12-29(38)32-23-37)33(2)20-28-25(9-5-10-26(28)21-35)8-3-4-13-30-14-6-16-39-17-7-15-34-18-27(19-34)31-22-36;1-6-3-4-7(9)8(5-6)10-2/h5,9-10,21-24,27,30H,4,6-7,11-20H2,1-2H3,(H,31,36)(H,32,37,38);3-5H,9H2,1-2H3. The number of benzene rings is 2. The molecule has 2 aromatic rings. The van der Waals surface area contributed by atoms with Crippen molar-refractivity contribution in [3.63, 3.8) is 0 Å². The fourth-order valence-corrected chi connectivity index (χ4v) is 5.11. The minimum Gasteiger partial charge on any atom is -0.495 e. The number of nitrogens with zero attached hydrogens (tertiary/aromatic N) is 2. The number of amides is 3. The summed E-state index contributed by atoms with van der Waals surface area (Å²) in [5.74, 6) is 6.89. The number of anilines is 1. The first kappa shape index (κ1) is 40.9. The summed E-state index contributed by atoms with van der Waals surface area (Å²) in [6.07, 6.45) is 5.51. The van der Waals surface area contributed by atoms with Gasteiger partial charge in [-0.15, -0.1) is 0 Å². The van der Waals surface area contributed by atoms with Gasteiger partial charge in [0, 0.05) is 75.9 Å². The Morgan fingerprint density at radius 3 is 2.59 bits per heavy atom. The highest BCUT2D eigenvalue weighted by Gasteiger charge is 2.25. The van der Waals surface area contributed by atoms with Gasteiger partial charge < -0.3 is 25.8 Å². The number of likely N-dealkylation sites (tertiary alicyclic amines) is 1. The molecule has 0 aliphatic carbocycles. The molecule has 0 aromatic heterocycles. The normalized spacial score (nSPS) is 13.2. The van der Waals surface area contributed by atoms with Crippen LogP contribution in [0.2, 0.25) is 0 Å². The number of rotatable bonds is 21. The molecule has 268 valence electrons. The zero-order valence-corrected chi connectivity index (χ0v) is 29.5. The lowest BCUT2D eigenvalue weighted by Crippen LogP contribution is -2.57. The second-order valence-electron chi connectivity index (χ2n) is 12.1. The molecule has 1 aliphatic heterocycles. The van der Waals surface area contributed by atoms with Crippen LogP contribution in [0, 0.1) is 18.8 Å². The van der Waals surface area contributed by atoms with Crippen LogP contribution in [0.15, 0.2) is 36.4 Å². The van der Waals surface area contributed by atoms with Crippen LogP contribution in [0.4, 0.5) is 5.69 Å². The zero-order valence-electron chi connectivity index (χ0n) is 29.5. The third-order valence-electron chi connectivity index (χ3n) is 8.21. The van der Waals surface area contributed by atoms with Crippen LogP contribution in [-0.2, 0) is 25.7 Å². The molecule has 1 heterocycles. The van der Waals surface area contributed by atoms with Crippen LogP contribution in [0.3, 0.4) is 0 Å². The van der Waals surface area contributed by atoms with E-state index in [1.165, 1.54) is 0 Å². The van der Waals surface area contributed by atoms with Crippen molar-refractivity contribution in [1.29, 1.82) is 0 Å². The number of hydrogen-bond donors (Lipinski definition) is 4. The van der Waals surface area contributed by atoms with Gasteiger partial charge in [0.05, 0.1) is 18.8 Å². The molecule has 0 bridgehead atoms. The van der Waals surface area contributed by atoms with Crippen molar-refractivity contribution in [2.75, 3.05) is 65.8 Å². The van der Waals surface area contributed by atoms with Crippen molar-refractivity contribution in [1.82, 2.24) is 25.8 Å². The zero-order chi connectivity index (χ0) is 35.9. The topological polar surface area (TPSA) is 155 Å². The Morgan fingerprint density at radius 2 is 1.90 bits per heavy atom. The number of aldehydes is 1. The van der Waals surface area contributed by atoms with E-state index < -0.39 is 0 Å². The monoisotopic (exact) mass is 678 g/mol. The SMILES string of the molecule is CC(CCC(=O)NC=O)N(C)Cc1c(C#CCCNCCCOCCCN2CC(NC=O)C2)cccc1C=O.COc1cc(C)ccc1N. The van der Waals surface area contributed by atoms with Gasteiger partial charge in [0.1, 0.15) is 12.0 Å². The Labute approximate surface area is 291 Å². The first-order valence-electron chi connectivity index (χ1n) is 16.8. The Hall–Kier alpha value is -4.28. The molecule has 1 atom stereocenters. The summed E-state index contributed by atoms with van der Waals surface area (Å²) in [5.41, 5.74) is 9.75. The molecule has 49 heavy (non-hydrogen) atoms. The van der Waals surface area contributed by atoms with Gasteiger partial charge in [-0.1, -0.05) is 30.0 Å². The molecule has 2 aromatic carbocycles. The number of imide groups is 1. The highest BCUT2D eigenvalue weighted by Crippen LogP contribution is 2.21. The molecule has 3 rings (SSSR count). The summed E-state index contributed by atoms with van der Waals surface area (Å²) in [6.45, 7) is 10.5. The van der Waals surface area contributed by atoms with Gasteiger partial charge in [0.25, 0.3) is 0 Å². The maximum absolute atomic E-state index is 11.7. The van der Waals surface area contributed by atoms with Crippen LogP contribution in [0.5, 0.6) is 5.75 Å². The van der Waals surface area contributed by atoms with E-state index >= 15 is 0 Å². The number of nitrogen functional groups attached to an aromatic ring is 1. The van der Waals surface area contributed by atoms with Gasteiger partial charge in [-0.25, -0.2) is 0 Å². The molecule has 5 N–H and O–H groups in total. The molecule has 3 amide bonds. The fraction of sp³-hybridized carbons (Fsp3) is 0.514. The highest BCUT2D eigenvalue weighted by molar-refractivity contribution is 5.85. The molecular weight excluding hydrogens is 624 g/mol. The highest BCUT2D eigenvalue weighted by atomic mass is 16.5. The van der Waals surface area contributed by atoms with Crippen molar-refractivity contribution < 1.29 is 28.7 Å². The summed E-state index contributed by atoms with van der Waals surface area (Å²) >= 11 is 0. The summed E-state index contributed by atoms with van der Waals surface area (Å²) < 4.78 is 10.7. The summed E-state index contributed by atoms with van der Waals surface area (Å²) in [7, 11) is 3.57. The summed E-state index contributed by atoms with van der Waals surface area (Å²) in [4.78, 5) is 48.4. The fourth-order valence-electron chi connectivity index (χ4n) is 5.11. The number of nitrogens with two attached hydrogens (primary N) is 1. The molecule has 12 nitrogen and oxygen atoms in total. The molecule has 1 aliphatic rings. The lowest BCUT2D eigenvalue weighted by molar-refractivity contribution is -0.125. The van der Waals surface area contributed by atoms with Crippen LogP contribution < -0.4 is 26.4 Å². The number of methoxy groups -OCH3 is 1. The molecule has 1 saturated heterocycles.